The minimum atomic E-state index is -0.166. The number of carbonyl (C=O) groups is 2. The van der Waals surface area contributed by atoms with Crippen molar-refractivity contribution >= 4 is 11.8 Å². The maximum absolute atomic E-state index is 11.5. The van der Waals surface area contributed by atoms with Crippen LogP contribution in [0.3, 0.4) is 0 Å². The van der Waals surface area contributed by atoms with Crippen LogP contribution in [0.15, 0.2) is 0 Å². The molecule has 2 amide bonds. The third kappa shape index (κ3) is 4.81. The molecule has 0 saturated carbocycles. The van der Waals surface area contributed by atoms with Gasteiger partial charge in [-0.05, 0) is 12.5 Å². The molecule has 5 heteroatoms. The van der Waals surface area contributed by atoms with Gasteiger partial charge < -0.3 is 16.0 Å². The molecule has 1 unspecified atom stereocenters. The Bertz CT molecular complexity index is 206. The summed E-state index contributed by atoms with van der Waals surface area (Å²) in [6.07, 6.45) is 0.393. The molecule has 0 spiro atoms. The van der Waals surface area contributed by atoms with E-state index in [-0.39, 0.29) is 24.3 Å². The van der Waals surface area contributed by atoms with Crippen molar-refractivity contribution in [1.82, 2.24) is 10.2 Å². The first kappa shape index (κ1) is 12.9. The van der Waals surface area contributed by atoms with Gasteiger partial charge in [-0.2, -0.15) is 0 Å². The molecule has 0 aromatic heterocycles. The summed E-state index contributed by atoms with van der Waals surface area (Å²) in [4.78, 5) is 23.8. The van der Waals surface area contributed by atoms with Crippen LogP contribution < -0.4 is 11.1 Å². The number of nitrogens with two attached hydrogens (primary N) is 1. The van der Waals surface area contributed by atoms with E-state index in [1.807, 2.05) is 6.92 Å². The van der Waals surface area contributed by atoms with E-state index >= 15 is 0 Å². The molecule has 0 aliphatic heterocycles. The van der Waals surface area contributed by atoms with Crippen molar-refractivity contribution in [2.24, 2.45) is 11.7 Å². The van der Waals surface area contributed by atoms with Crippen molar-refractivity contribution in [2.75, 3.05) is 27.2 Å². The Kier molecular flexibility index (Phi) is 5.87. The number of nitrogens with zero attached hydrogens (tertiary/aromatic N) is 1. The third-order valence-corrected chi connectivity index (χ3v) is 2.01. The van der Waals surface area contributed by atoms with Gasteiger partial charge in [-0.3, -0.25) is 9.59 Å². The van der Waals surface area contributed by atoms with Crippen molar-refractivity contribution in [3.8, 4) is 0 Å². The summed E-state index contributed by atoms with van der Waals surface area (Å²) in [5.41, 5.74) is 5.40. The van der Waals surface area contributed by atoms with Gasteiger partial charge in [0.25, 0.3) is 0 Å². The summed E-state index contributed by atoms with van der Waals surface area (Å²) in [6, 6.07) is 0. The lowest BCUT2D eigenvalue weighted by Crippen LogP contribution is -2.37. The largest absolute Gasteiger partial charge is 0.358 e. The van der Waals surface area contributed by atoms with Gasteiger partial charge in [-0.1, -0.05) is 6.92 Å². The van der Waals surface area contributed by atoms with Crippen LogP contribution in [0.5, 0.6) is 0 Å². The van der Waals surface area contributed by atoms with Gasteiger partial charge in [0.2, 0.25) is 11.8 Å². The van der Waals surface area contributed by atoms with E-state index < -0.39 is 0 Å². The first-order valence-corrected chi connectivity index (χ1v) is 4.65. The number of likely N-dealkylation sites (N-methyl/N-ethyl adjacent to an activating group) is 2. The first-order valence-electron chi connectivity index (χ1n) is 4.65. The van der Waals surface area contributed by atoms with E-state index in [4.69, 9.17) is 5.73 Å². The summed E-state index contributed by atoms with van der Waals surface area (Å²) in [5.74, 6) is -0.0533. The van der Waals surface area contributed by atoms with Crippen LogP contribution in [0.25, 0.3) is 0 Å². The Hall–Kier alpha value is -1.10. The Morgan fingerprint density at radius 1 is 1.50 bits per heavy atom. The highest BCUT2D eigenvalue weighted by Gasteiger charge is 2.14. The average Bonchev–Trinajstić information content (AvgIpc) is 2.17. The van der Waals surface area contributed by atoms with Crippen LogP contribution in [-0.4, -0.2) is 43.9 Å². The maximum Gasteiger partial charge on any atom is 0.239 e. The highest BCUT2D eigenvalue weighted by atomic mass is 16.2. The molecule has 0 bridgehead atoms. The number of rotatable bonds is 5. The highest BCUT2D eigenvalue weighted by Crippen LogP contribution is 2.01. The number of hydrogen-bond donors (Lipinski definition) is 2. The fourth-order valence-electron chi connectivity index (χ4n) is 0.920. The predicted molar refractivity (Wildman–Crippen MR) is 54.5 cm³/mol. The second-order valence-corrected chi connectivity index (χ2v) is 3.47. The Labute approximate surface area is 84.6 Å². The quantitative estimate of drug-likeness (QED) is 0.610. The molecule has 0 aromatic rings. The lowest BCUT2D eigenvalue weighted by molar-refractivity contribution is -0.135. The average molecular weight is 201 g/mol. The smallest absolute Gasteiger partial charge is 0.239 e. The van der Waals surface area contributed by atoms with E-state index in [0.717, 1.165) is 0 Å². The lowest BCUT2D eigenvalue weighted by atomic mass is 10.1. The van der Waals surface area contributed by atoms with E-state index in [1.165, 1.54) is 4.90 Å². The molecular weight excluding hydrogens is 182 g/mol. The standard InChI is InChI=1S/C9H19N3O2/c1-7(5-10)4-9(14)12(3)6-8(13)11-2/h7H,4-6,10H2,1-3H3,(H,11,13). The molecule has 0 saturated heterocycles. The summed E-state index contributed by atoms with van der Waals surface area (Å²) < 4.78 is 0. The second-order valence-electron chi connectivity index (χ2n) is 3.47. The van der Waals surface area contributed by atoms with Gasteiger partial charge in [0.05, 0.1) is 6.54 Å². The molecule has 0 radical (unpaired) electrons. The van der Waals surface area contributed by atoms with Crippen molar-refractivity contribution < 1.29 is 9.59 Å². The van der Waals surface area contributed by atoms with Gasteiger partial charge in [0.1, 0.15) is 0 Å². The molecule has 0 fully saturated rings. The molecule has 0 aliphatic rings. The van der Waals surface area contributed by atoms with Crippen LogP contribution in [0.4, 0.5) is 0 Å². The van der Waals surface area contributed by atoms with Crippen LogP contribution in [0, 0.1) is 5.92 Å². The molecular formula is C9H19N3O2. The van der Waals surface area contributed by atoms with Gasteiger partial charge in [0.15, 0.2) is 0 Å². The zero-order valence-corrected chi connectivity index (χ0v) is 9.04. The van der Waals surface area contributed by atoms with Gasteiger partial charge in [-0.25, -0.2) is 0 Å². The van der Waals surface area contributed by atoms with Crippen LogP contribution in [0.2, 0.25) is 0 Å². The highest BCUT2D eigenvalue weighted by molar-refractivity contribution is 5.84. The lowest BCUT2D eigenvalue weighted by Gasteiger charge is -2.17. The molecule has 1 atom stereocenters. The fraction of sp³-hybridized carbons (Fsp3) is 0.778. The monoisotopic (exact) mass is 201 g/mol. The zero-order valence-electron chi connectivity index (χ0n) is 9.04. The van der Waals surface area contributed by atoms with E-state index in [1.54, 1.807) is 14.1 Å². The number of carbonyl (C=O) groups excluding carboxylic acids is 2. The van der Waals surface area contributed by atoms with Gasteiger partial charge in [0, 0.05) is 20.5 Å². The number of hydrogen-bond acceptors (Lipinski definition) is 3. The van der Waals surface area contributed by atoms with E-state index in [9.17, 15) is 9.59 Å². The first-order chi connectivity index (χ1) is 6.51. The second kappa shape index (κ2) is 6.37. The molecule has 5 nitrogen and oxygen atoms in total. The summed E-state index contributed by atoms with van der Waals surface area (Å²) >= 11 is 0. The minimum absolute atomic E-state index is 0.0495. The molecule has 0 heterocycles. The normalized spacial score (nSPS) is 12.0. The van der Waals surface area contributed by atoms with Crippen molar-refractivity contribution in [2.45, 2.75) is 13.3 Å². The Morgan fingerprint density at radius 2 is 2.07 bits per heavy atom. The van der Waals surface area contributed by atoms with E-state index in [0.29, 0.717) is 13.0 Å². The summed E-state index contributed by atoms with van der Waals surface area (Å²) in [6.45, 7) is 2.50. The van der Waals surface area contributed by atoms with Gasteiger partial charge >= 0.3 is 0 Å². The Morgan fingerprint density at radius 3 is 2.50 bits per heavy atom. The number of nitrogens with one attached hydrogen (secondary N) is 1. The van der Waals surface area contributed by atoms with E-state index in [2.05, 4.69) is 5.32 Å². The van der Waals surface area contributed by atoms with Crippen molar-refractivity contribution in [3.05, 3.63) is 0 Å². The zero-order chi connectivity index (χ0) is 11.1. The fourth-order valence-corrected chi connectivity index (χ4v) is 0.920. The maximum atomic E-state index is 11.5. The van der Waals surface area contributed by atoms with Crippen LogP contribution in [-0.2, 0) is 9.59 Å². The molecule has 82 valence electrons. The van der Waals surface area contributed by atoms with Gasteiger partial charge in [-0.15, -0.1) is 0 Å². The van der Waals surface area contributed by atoms with Crippen LogP contribution >= 0.6 is 0 Å². The third-order valence-electron chi connectivity index (χ3n) is 2.01. The molecule has 0 rings (SSSR count). The van der Waals surface area contributed by atoms with Crippen molar-refractivity contribution in [1.29, 1.82) is 0 Å². The summed E-state index contributed by atoms with van der Waals surface area (Å²) in [7, 11) is 3.16. The minimum Gasteiger partial charge on any atom is -0.358 e. The van der Waals surface area contributed by atoms with Crippen molar-refractivity contribution in [3.63, 3.8) is 0 Å². The topological polar surface area (TPSA) is 75.4 Å². The predicted octanol–water partition coefficient (Wildman–Crippen LogP) is -0.824. The van der Waals surface area contributed by atoms with Crippen LogP contribution in [0.1, 0.15) is 13.3 Å². The number of amides is 2. The Balaban J connectivity index is 3.93. The summed E-state index contributed by atoms with van der Waals surface area (Å²) in [5, 5.41) is 2.46. The molecule has 0 aromatic carbocycles. The molecule has 3 N–H and O–H groups in total. The molecule has 14 heavy (non-hydrogen) atoms. The molecule has 0 aliphatic carbocycles. The SMILES string of the molecule is CNC(=O)CN(C)C(=O)CC(C)CN.